The van der Waals surface area contributed by atoms with Crippen LogP contribution < -0.4 is 9.64 Å². The first-order valence-corrected chi connectivity index (χ1v) is 14.8. The molecule has 0 spiro atoms. The molecule has 4 heteroatoms. The SMILES string of the molecule is COc1cccc(N2c3ccccc3C(C)(C)c3c2ccc2cc(C=C4C(=O)c5cc6ccccc6cc5C4=O)ccc32)c1. The predicted octanol–water partition coefficient (Wildman–Crippen LogP) is 9.57. The van der Waals surface area contributed by atoms with Crippen molar-refractivity contribution in [1.29, 1.82) is 0 Å². The van der Waals surface area contributed by atoms with E-state index in [9.17, 15) is 9.59 Å². The van der Waals surface area contributed by atoms with E-state index in [1.807, 2.05) is 54.6 Å². The Morgan fingerprint density at radius 2 is 1.36 bits per heavy atom. The van der Waals surface area contributed by atoms with Gasteiger partial charge in [-0.25, -0.2) is 0 Å². The first kappa shape index (κ1) is 26.2. The first-order chi connectivity index (χ1) is 21.3. The molecule has 1 aliphatic heterocycles. The number of ketones is 2. The fraction of sp³-hybridized carbons (Fsp3) is 0.100. The third kappa shape index (κ3) is 3.77. The van der Waals surface area contributed by atoms with Gasteiger partial charge in [0.25, 0.3) is 0 Å². The van der Waals surface area contributed by atoms with Crippen LogP contribution in [0.1, 0.15) is 51.3 Å². The maximum atomic E-state index is 13.4. The minimum Gasteiger partial charge on any atom is -0.497 e. The monoisotopic (exact) mass is 571 g/mol. The Morgan fingerprint density at radius 1 is 0.659 bits per heavy atom. The van der Waals surface area contributed by atoms with Crippen molar-refractivity contribution in [3.8, 4) is 5.75 Å². The molecule has 0 atom stereocenters. The number of anilines is 3. The van der Waals surface area contributed by atoms with Crippen molar-refractivity contribution < 1.29 is 14.3 Å². The summed E-state index contributed by atoms with van der Waals surface area (Å²) >= 11 is 0. The Kier molecular flexibility index (Phi) is 5.66. The summed E-state index contributed by atoms with van der Waals surface area (Å²) < 4.78 is 5.58. The second-order valence-electron chi connectivity index (χ2n) is 12.1. The summed E-state index contributed by atoms with van der Waals surface area (Å²) in [6, 6.07) is 38.7. The maximum absolute atomic E-state index is 13.4. The van der Waals surface area contributed by atoms with Crippen molar-refractivity contribution in [2.75, 3.05) is 12.0 Å². The highest BCUT2D eigenvalue weighted by Crippen LogP contribution is 2.54. The van der Waals surface area contributed by atoms with E-state index >= 15 is 0 Å². The Labute approximate surface area is 255 Å². The molecule has 6 aromatic rings. The van der Waals surface area contributed by atoms with Gasteiger partial charge in [-0.1, -0.05) is 80.6 Å². The van der Waals surface area contributed by atoms with Gasteiger partial charge >= 0.3 is 0 Å². The normalized spacial score (nSPS) is 14.9. The zero-order chi connectivity index (χ0) is 30.2. The zero-order valence-corrected chi connectivity index (χ0v) is 24.7. The van der Waals surface area contributed by atoms with E-state index in [4.69, 9.17) is 4.74 Å². The third-order valence-electron chi connectivity index (χ3n) is 9.19. The number of fused-ring (bicyclic) bond motifs is 6. The molecule has 44 heavy (non-hydrogen) atoms. The molecule has 1 aliphatic carbocycles. The molecule has 4 nitrogen and oxygen atoms in total. The number of rotatable bonds is 3. The summed E-state index contributed by atoms with van der Waals surface area (Å²) in [4.78, 5) is 29.2. The van der Waals surface area contributed by atoms with Crippen LogP contribution in [0.5, 0.6) is 5.75 Å². The number of ether oxygens (including phenoxy) is 1. The average Bonchev–Trinajstić information content (AvgIpc) is 3.27. The Morgan fingerprint density at radius 3 is 2.09 bits per heavy atom. The van der Waals surface area contributed by atoms with Gasteiger partial charge in [-0.3, -0.25) is 9.59 Å². The van der Waals surface area contributed by atoms with E-state index in [1.165, 1.54) is 11.1 Å². The number of Topliss-reactive ketones (excluding diaryl/α,β-unsaturated/α-hetero) is 2. The molecule has 1 heterocycles. The number of nitrogens with zero attached hydrogens (tertiary/aromatic N) is 1. The second-order valence-corrected chi connectivity index (χ2v) is 12.1. The smallest absolute Gasteiger partial charge is 0.197 e. The van der Waals surface area contributed by atoms with Crippen molar-refractivity contribution in [3.63, 3.8) is 0 Å². The second kappa shape index (κ2) is 9.51. The fourth-order valence-corrected chi connectivity index (χ4v) is 7.07. The van der Waals surface area contributed by atoms with Gasteiger partial charge in [-0.05, 0) is 86.8 Å². The van der Waals surface area contributed by atoms with Crippen LogP contribution in [0.3, 0.4) is 0 Å². The van der Waals surface area contributed by atoms with Crippen LogP contribution >= 0.6 is 0 Å². The van der Waals surface area contributed by atoms with Crippen LogP contribution in [0.2, 0.25) is 0 Å². The molecule has 8 rings (SSSR count). The van der Waals surface area contributed by atoms with Crippen molar-refractivity contribution in [2.24, 2.45) is 0 Å². The van der Waals surface area contributed by atoms with Crippen LogP contribution in [0.15, 0.2) is 121 Å². The lowest BCUT2D eigenvalue weighted by Crippen LogP contribution is -2.30. The van der Waals surface area contributed by atoms with Gasteiger partial charge in [0.15, 0.2) is 11.6 Å². The highest BCUT2D eigenvalue weighted by molar-refractivity contribution is 6.42. The fourth-order valence-electron chi connectivity index (χ4n) is 7.07. The van der Waals surface area contributed by atoms with E-state index in [0.29, 0.717) is 11.1 Å². The number of carbonyl (C=O) groups excluding carboxylic acids is 2. The number of methoxy groups -OCH3 is 1. The molecule has 0 radical (unpaired) electrons. The van der Waals surface area contributed by atoms with Crippen LogP contribution in [0.25, 0.3) is 27.6 Å². The average molecular weight is 572 g/mol. The van der Waals surface area contributed by atoms with E-state index in [1.54, 1.807) is 13.2 Å². The highest BCUT2D eigenvalue weighted by Gasteiger charge is 2.38. The molecule has 0 amide bonds. The molecule has 0 saturated heterocycles. The molecule has 6 aromatic carbocycles. The van der Waals surface area contributed by atoms with Crippen molar-refractivity contribution in [1.82, 2.24) is 0 Å². The number of para-hydroxylation sites is 1. The van der Waals surface area contributed by atoms with Gasteiger partial charge in [0.05, 0.1) is 24.1 Å². The van der Waals surface area contributed by atoms with E-state index < -0.39 is 0 Å². The van der Waals surface area contributed by atoms with Crippen molar-refractivity contribution >= 4 is 56.2 Å². The minimum atomic E-state index is -0.276. The van der Waals surface area contributed by atoms with Crippen LogP contribution in [-0.4, -0.2) is 18.7 Å². The lowest BCUT2D eigenvalue weighted by atomic mass is 9.71. The number of hydrogen-bond acceptors (Lipinski definition) is 4. The zero-order valence-electron chi connectivity index (χ0n) is 24.7. The molecule has 212 valence electrons. The summed E-state index contributed by atoms with van der Waals surface area (Å²) in [5, 5.41) is 4.10. The van der Waals surface area contributed by atoms with Gasteiger partial charge in [0.1, 0.15) is 5.75 Å². The number of benzene rings is 6. The standard InChI is InChI=1S/C40H29NO3/c1-40(2)34-13-6-7-14-35(34)41(28-11-8-12-29(23-28)44-3)36-18-16-27-19-24(15-17-30(27)37(36)40)20-33-38(42)31-21-25-9-4-5-10-26(25)22-32(31)39(33)43/h4-23H,1-3H3. The molecule has 2 aliphatic rings. The lowest BCUT2D eigenvalue weighted by molar-refractivity contribution is 0.0990. The van der Waals surface area contributed by atoms with Crippen LogP contribution in [-0.2, 0) is 5.41 Å². The predicted molar refractivity (Wildman–Crippen MR) is 178 cm³/mol. The molecule has 0 unspecified atom stereocenters. The highest BCUT2D eigenvalue weighted by atomic mass is 16.5. The van der Waals surface area contributed by atoms with E-state index in [-0.39, 0.29) is 22.6 Å². The van der Waals surface area contributed by atoms with E-state index in [0.717, 1.165) is 49.9 Å². The van der Waals surface area contributed by atoms with Gasteiger partial charge in [0.2, 0.25) is 0 Å². The lowest BCUT2D eigenvalue weighted by Gasteiger charge is -2.42. The Bertz CT molecular complexity index is 2180. The number of hydrogen-bond donors (Lipinski definition) is 0. The van der Waals surface area contributed by atoms with E-state index in [2.05, 4.69) is 79.4 Å². The maximum Gasteiger partial charge on any atom is 0.197 e. The summed E-state index contributed by atoms with van der Waals surface area (Å²) in [7, 11) is 1.69. The largest absolute Gasteiger partial charge is 0.497 e. The molecular formula is C40H29NO3. The Hall–Kier alpha value is -5.48. The molecule has 0 saturated carbocycles. The summed E-state index contributed by atoms with van der Waals surface area (Å²) in [6.45, 7) is 4.56. The van der Waals surface area contributed by atoms with Gasteiger partial charge < -0.3 is 9.64 Å². The summed E-state index contributed by atoms with van der Waals surface area (Å²) in [5.41, 5.74) is 7.47. The van der Waals surface area contributed by atoms with Gasteiger partial charge in [-0.15, -0.1) is 0 Å². The molecular weight excluding hydrogens is 542 g/mol. The molecule has 0 bridgehead atoms. The number of carbonyl (C=O) groups is 2. The van der Waals surface area contributed by atoms with Gasteiger partial charge in [0, 0.05) is 28.3 Å². The first-order valence-electron chi connectivity index (χ1n) is 14.8. The quantitative estimate of drug-likeness (QED) is 0.157. The summed E-state index contributed by atoms with van der Waals surface area (Å²) in [6.07, 6.45) is 1.75. The van der Waals surface area contributed by atoms with Gasteiger partial charge in [-0.2, -0.15) is 0 Å². The Balaban J connectivity index is 1.27. The van der Waals surface area contributed by atoms with Crippen molar-refractivity contribution in [3.05, 3.63) is 149 Å². The number of allylic oxidation sites excluding steroid dienone is 1. The molecule has 0 aromatic heterocycles. The van der Waals surface area contributed by atoms with Crippen LogP contribution in [0, 0.1) is 0 Å². The van der Waals surface area contributed by atoms with Crippen LogP contribution in [0.4, 0.5) is 17.1 Å². The molecule has 0 N–H and O–H groups in total. The third-order valence-corrected chi connectivity index (χ3v) is 9.19. The van der Waals surface area contributed by atoms with Crippen molar-refractivity contribution in [2.45, 2.75) is 19.3 Å². The summed E-state index contributed by atoms with van der Waals surface area (Å²) in [5.74, 6) is 0.372. The topological polar surface area (TPSA) is 46.6 Å². The minimum absolute atomic E-state index is 0.214. The molecule has 0 fully saturated rings.